The van der Waals surface area contributed by atoms with Crippen molar-refractivity contribution in [1.82, 2.24) is 9.97 Å². The lowest BCUT2D eigenvalue weighted by atomic mass is 10.1. The fraction of sp³-hybridized carbons (Fsp3) is 0.750. The number of nitrogens with one attached hydrogen (secondary N) is 1. The van der Waals surface area contributed by atoms with E-state index in [1.165, 1.54) is 51.4 Å². The molecule has 0 radical (unpaired) electrons. The van der Waals surface area contributed by atoms with Gasteiger partial charge in [0.2, 0.25) is 11.8 Å². The van der Waals surface area contributed by atoms with Gasteiger partial charge in [0.15, 0.2) is 0 Å². The van der Waals surface area contributed by atoms with E-state index in [2.05, 4.69) is 22.2 Å². The van der Waals surface area contributed by atoms with Gasteiger partial charge in [-0.2, -0.15) is 4.98 Å². The average Bonchev–Trinajstić information content (AvgIpc) is 2.46. The summed E-state index contributed by atoms with van der Waals surface area (Å²) < 4.78 is 5.35. The highest BCUT2D eigenvalue weighted by molar-refractivity contribution is 5.27. The van der Waals surface area contributed by atoms with Crippen molar-refractivity contribution in [2.24, 2.45) is 0 Å². The summed E-state index contributed by atoms with van der Waals surface area (Å²) in [7, 11) is 0. The highest BCUT2D eigenvalue weighted by atomic mass is 16.5. The van der Waals surface area contributed by atoms with Crippen molar-refractivity contribution < 1.29 is 4.74 Å². The molecule has 20 heavy (non-hydrogen) atoms. The van der Waals surface area contributed by atoms with Gasteiger partial charge in [0.05, 0.1) is 6.61 Å². The lowest BCUT2D eigenvalue weighted by Gasteiger charge is -2.06. The molecule has 1 aromatic rings. The molecule has 0 aliphatic heterocycles. The maximum Gasteiger partial charge on any atom is 0.225 e. The average molecular weight is 279 g/mol. The molecule has 0 atom stereocenters. The van der Waals surface area contributed by atoms with Crippen LogP contribution in [0.4, 0.5) is 5.95 Å². The molecule has 1 rings (SSSR count). The van der Waals surface area contributed by atoms with E-state index in [0.717, 1.165) is 6.54 Å². The van der Waals surface area contributed by atoms with E-state index in [1.807, 2.05) is 6.92 Å². The van der Waals surface area contributed by atoms with Crippen LogP contribution >= 0.6 is 0 Å². The molecule has 0 amide bonds. The minimum Gasteiger partial charge on any atom is -0.478 e. The Bertz CT molecular complexity index is 344. The normalized spacial score (nSPS) is 10.5. The van der Waals surface area contributed by atoms with E-state index in [-0.39, 0.29) is 0 Å². The monoisotopic (exact) mass is 279 g/mol. The smallest absolute Gasteiger partial charge is 0.225 e. The predicted octanol–water partition coefficient (Wildman–Crippen LogP) is 4.43. The SMILES string of the molecule is CCCCCCCCCCNc1nccc(OCC)n1. The summed E-state index contributed by atoms with van der Waals surface area (Å²) in [6, 6.07) is 1.78. The van der Waals surface area contributed by atoms with E-state index in [9.17, 15) is 0 Å². The molecule has 4 nitrogen and oxygen atoms in total. The van der Waals surface area contributed by atoms with Crippen LogP contribution in [-0.4, -0.2) is 23.1 Å². The third-order valence-corrected chi connectivity index (χ3v) is 3.24. The summed E-state index contributed by atoms with van der Waals surface area (Å²) in [6.45, 7) is 5.78. The minimum atomic E-state index is 0.633. The van der Waals surface area contributed by atoms with Gasteiger partial charge in [-0.15, -0.1) is 0 Å². The standard InChI is InChI=1S/C16H29N3O/c1-3-5-6-7-8-9-10-11-13-17-16-18-14-12-15(19-16)20-4-2/h12,14H,3-11,13H2,1-2H3,(H,17,18,19). The van der Waals surface area contributed by atoms with Crippen molar-refractivity contribution in [2.45, 2.75) is 65.2 Å². The van der Waals surface area contributed by atoms with Crippen LogP contribution in [0.15, 0.2) is 12.3 Å². The first-order valence-corrected chi connectivity index (χ1v) is 8.06. The number of rotatable bonds is 12. The van der Waals surface area contributed by atoms with Crippen molar-refractivity contribution in [2.75, 3.05) is 18.5 Å². The lowest BCUT2D eigenvalue weighted by molar-refractivity contribution is 0.326. The Morgan fingerprint density at radius 3 is 2.40 bits per heavy atom. The summed E-state index contributed by atoms with van der Waals surface area (Å²) in [5, 5.41) is 3.25. The second-order valence-electron chi connectivity index (χ2n) is 5.05. The van der Waals surface area contributed by atoms with Gasteiger partial charge in [0.25, 0.3) is 0 Å². The fourth-order valence-corrected chi connectivity index (χ4v) is 2.11. The second kappa shape index (κ2) is 11.5. The lowest BCUT2D eigenvalue weighted by Crippen LogP contribution is -2.06. The van der Waals surface area contributed by atoms with Gasteiger partial charge >= 0.3 is 0 Å². The zero-order chi connectivity index (χ0) is 14.5. The Balaban J connectivity index is 2.02. The number of aromatic nitrogens is 2. The van der Waals surface area contributed by atoms with Crippen molar-refractivity contribution >= 4 is 5.95 Å². The van der Waals surface area contributed by atoms with Crippen molar-refractivity contribution in [3.05, 3.63) is 12.3 Å². The second-order valence-corrected chi connectivity index (χ2v) is 5.05. The first-order chi connectivity index (χ1) is 9.86. The molecule has 0 spiro atoms. The van der Waals surface area contributed by atoms with E-state index < -0.39 is 0 Å². The molecule has 1 aromatic heterocycles. The summed E-state index contributed by atoms with van der Waals surface area (Å²) in [4.78, 5) is 8.47. The van der Waals surface area contributed by atoms with Crippen LogP contribution < -0.4 is 10.1 Å². The Morgan fingerprint density at radius 2 is 1.70 bits per heavy atom. The summed E-state index contributed by atoms with van der Waals surface area (Å²) >= 11 is 0. The molecule has 0 unspecified atom stereocenters. The number of nitrogens with zero attached hydrogens (tertiary/aromatic N) is 2. The molecular formula is C16H29N3O. The van der Waals surface area contributed by atoms with Gasteiger partial charge in [0, 0.05) is 18.8 Å². The van der Waals surface area contributed by atoms with E-state index in [1.54, 1.807) is 12.3 Å². The Kier molecular flexibility index (Phi) is 9.62. The third-order valence-electron chi connectivity index (χ3n) is 3.24. The van der Waals surface area contributed by atoms with Gasteiger partial charge < -0.3 is 10.1 Å². The number of ether oxygens (including phenoxy) is 1. The van der Waals surface area contributed by atoms with Crippen LogP contribution in [-0.2, 0) is 0 Å². The molecule has 0 aliphatic rings. The molecule has 1 heterocycles. The number of hydrogen-bond donors (Lipinski definition) is 1. The van der Waals surface area contributed by atoms with Gasteiger partial charge in [-0.05, 0) is 13.3 Å². The molecule has 0 saturated carbocycles. The van der Waals surface area contributed by atoms with Gasteiger partial charge in [0.1, 0.15) is 0 Å². The zero-order valence-corrected chi connectivity index (χ0v) is 13.0. The topological polar surface area (TPSA) is 47.0 Å². The Labute approximate surface area is 123 Å². The molecule has 4 heteroatoms. The van der Waals surface area contributed by atoms with Gasteiger partial charge in [-0.3, -0.25) is 0 Å². The van der Waals surface area contributed by atoms with Crippen LogP contribution in [0.3, 0.4) is 0 Å². The highest BCUT2D eigenvalue weighted by Gasteiger charge is 1.98. The van der Waals surface area contributed by atoms with E-state index >= 15 is 0 Å². The van der Waals surface area contributed by atoms with Crippen molar-refractivity contribution in [3.63, 3.8) is 0 Å². The quantitative estimate of drug-likeness (QED) is 0.575. The largest absolute Gasteiger partial charge is 0.478 e. The molecule has 0 bridgehead atoms. The fourth-order valence-electron chi connectivity index (χ4n) is 2.11. The predicted molar refractivity (Wildman–Crippen MR) is 84.3 cm³/mol. The number of unbranched alkanes of at least 4 members (excludes halogenated alkanes) is 7. The van der Waals surface area contributed by atoms with Gasteiger partial charge in [-0.1, -0.05) is 51.9 Å². The van der Waals surface area contributed by atoms with Crippen LogP contribution in [0.2, 0.25) is 0 Å². The molecule has 0 saturated heterocycles. The minimum absolute atomic E-state index is 0.633. The Morgan fingerprint density at radius 1 is 1.00 bits per heavy atom. The molecule has 114 valence electrons. The van der Waals surface area contributed by atoms with Crippen LogP contribution in [0.25, 0.3) is 0 Å². The van der Waals surface area contributed by atoms with Crippen LogP contribution in [0.1, 0.15) is 65.2 Å². The van der Waals surface area contributed by atoms with Crippen LogP contribution in [0, 0.1) is 0 Å². The van der Waals surface area contributed by atoms with Crippen molar-refractivity contribution in [3.8, 4) is 5.88 Å². The molecule has 0 aromatic carbocycles. The van der Waals surface area contributed by atoms with Gasteiger partial charge in [-0.25, -0.2) is 4.98 Å². The molecular weight excluding hydrogens is 250 g/mol. The first kappa shape index (κ1) is 16.7. The van der Waals surface area contributed by atoms with E-state index in [4.69, 9.17) is 4.74 Å². The maximum absolute atomic E-state index is 5.35. The Hall–Kier alpha value is -1.32. The molecule has 0 fully saturated rings. The maximum atomic E-state index is 5.35. The van der Waals surface area contributed by atoms with Crippen molar-refractivity contribution in [1.29, 1.82) is 0 Å². The summed E-state index contributed by atoms with van der Waals surface area (Å²) in [5.41, 5.74) is 0. The first-order valence-electron chi connectivity index (χ1n) is 8.06. The summed E-state index contributed by atoms with van der Waals surface area (Å²) in [5.74, 6) is 1.31. The highest BCUT2D eigenvalue weighted by Crippen LogP contribution is 2.10. The number of anilines is 1. The third kappa shape index (κ3) is 7.97. The zero-order valence-electron chi connectivity index (χ0n) is 13.0. The number of hydrogen-bond acceptors (Lipinski definition) is 4. The molecule has 0 aliphatic carbocycles. The molecule has 1 N–H and O–H groups in total. The summed E-state index contributed by atoms with van der Waals surface area (Å²) in [6.07, 6.45) is 12.4. The van der Waals surface area contributed by atoms with E-state index in [0.29, 0.717) is 18.4 Å². The van der Waals surface area contributed by atoms with Crippen LogP contribution in [0.5, 0.6) is 5.88 Å².